The van der Waals surface area contributed by atoms with Crippen LogP contribution >= 0.6 is 0 Å². The SMILES string of the molecule is CC(C)C(=O)c1cnccc1NC(=O)C1CCCOC1. The fourth-order valence-electron chi connectivity index (χ4n) is 2.19. The summed E-state index contributed by atoms with van der Waals surface area (Å²) in [4.78, 5) is 28.3. The number of carbonyl (C=O) groups excluding carboxylic acids is 2. The van der Waals surface area contributed by atoms with Crippen LogP contribution < -0.4 is 5.32 Å². The lowest BCUT2D eigenvalue weighted by molar-refractivity contribution is -0.123. The maximum absolute atomic E-state index is 12.2. The van der Waals surface area contributed by atoms with Crippen LogP contribution in [0.3, 0.4) is 0 Å². The van der Waals surface area contributed by atoms with Crippen molar-refractivity contribution in [2.45, 2.75) is 26.7 Å². The molecule has 0 radical (unpaired) electrons. The van der Waals surface area contributed by atoms with E-state index in [0.29, 0.717) is 17.9 Å². The molecule has 1 aliphatic rings. The van der Waals surface area contributed by atoms with Gasteiger partial charge in [0.2, 0.25) is 5.91 Å². The van der Waals surface area contributed by atoms with Crippen LogP contribution in [-0.4, -0.2) is 29.9 Å². The van der Waals surface area contributed by atoms with Crippen molar-refractivity contribution in [3.63, 3.8) is 0 Å². The molecular weight excluding hydrogens is 256 g/mol. The summed E-state index contributed by atoms with van der Waals surface area (Å²) in [5.74, 6) is -0.381. The van der Waals surface area contributed by atoms with Gasteiger partial charge in [-0.1, -0.05) is 13.8 Å². The largest absolute Gasteiger partial charge is 0.381 e. The van der Waals surface area contributed by atoms with Crippen LogP contribution in [0.5, 0.6) is 0 Å². The molecule has 1 N–H and O–H groups in total. The lowest BCUT2D eigenvalue weighted by atomic mass is 9.99. The van der Waals surface area contributed by atoms with E-state index in [1.54, 1.807) is 12.3 Å². The van der Waals surface area contributed by atoms with Gasteiger partial charge >= 0.3 is 0 Å². The Morgan fingerprint density at radius 3 is 2.90 bits per heavy atom. The van der Waals surface area contributed by atoms with Crippen LogP contribution in [0.4, 0.5) is 5.69 Å². The van der Waals surface area contributed by atoms with Crippen molar-refractivity contribution in [3.8, 4) is 0 Å². The van der Waals surface area contributed by atoms with Crippen LogP contribution in [0.2, 0.25) is 0 Å². The molecule has 0 bridgehead atoms. The van der Waals surface area contributed by atoms with Crippen LogP contribution in [0.15, 0.2) is 18.5 Å². The van der Waals surface area contributed by atoms with Gasteiger partial charge in [-0.3, -0.25) is 14.6 Å². The molecule has 5 nitrogen and oxygen atoms in total. The molecule has 1 aromatic rings. The first-order valence-electron chi connectivity index (χ1n) is 6.96. The molecule has 0 spiro atoms. The molecule has 1 amide bonds. The molecule has 0 aliphatic carbocycles. The van der Waals surface area contributed by atoms with Crippen LogP contribution in [0.25, 0.3) is 0 Å². The Morgan fingerprint density at radius 2 is 2.25 bits per heavy atom. The first-order valence-corrected chi connectivity index (χ1v) is 6.96. The van der Waals surface area contributed by atoms with Crippen molar-refractivity contribution in [2.75, 3.05) is 18.5 Å². The Labute approximate surface area is 118 Å². The zero-order chi connectivity index (χ0) is 14.5. The molecule has 0 aromatic carbocycles. The third-order valence-electron chi connectivity index (χ3n) is 3.40. The van der Waals surface area contributed by atoms with Crippen molar-refractivity contribution in [3.05, 3.63) is 24.0 Å². The number of anilines is 1. The van der Waals surface area contributed by atoms with E-state index >= 15 is 0 Å². The van der Waals surface area contributed by atoms with E-state index in [1.807, 2.05) is 13.8 Å². The van der Waals surface area contributed by atoms with Gasteiger partial charge in [-0.05, 0) is 18.9 Å². The van der Waals surface area contributed by atoms with Crippen molar-refractivity contribution in [1.82, 2.24) is 4.98 Å². The van der Waals surface area contributed by atoms with Gasteiger partial charge in [-0.15, -0.1) is 0 Å². The second-order valence-electron chi connectivity index (χ2n) is 5.34. The number of rotatable bonds is 4. The Balaban J connectivity index is 2.12. The van der Waals surface area contributed by atoms with Gasteiger partial charge in [0.15, 0.2) is 5.78 Å². The molecule has 1 aromatic heterocycles. The molecule has 1 atom stereocenters. The van der Waals surface area contributed by atoms with Crippen molar-refractivity contribution in [2.24, 2.45) is 11.8 Å². The average molecular weight is 276 g/mol. The summed E-state index contributed by atoms with van der Waals surface area (Å²) in [5.41, 5.74) is 1.00. The normalized spacial score (nSPS) is 18.9. The number of nitrogens with zero attached hydrogens (tertiary/aromatic N) is 1. The molecule has 1 saturated heterocycles. The summed E-state index contributed by atoms with van der Waals surface area (Å²) in [5, 5.41) is 2.84. The van der Waals surface area contributed by atoms with Crippen molar-refractivity contribution in [1.29, 1.82) is 0 Å². The molecule has 1 fully saturated rings. The van der Waals surface area contributed by atoms with E-state index < -0.39 is 0 Å². The zero-order valence-corrected chi connectivity index (χ0v) is 11.9. The molecular formula is C15H20N2O3. The topological polar surface area (TPSA) is 68.3 Å². The van der Waals surface area contributed by atoms with Gasteiger partial charge < -0.3 is 10.1 Å². The zero-order valence-electron chi connectivity index (χ0n) is 11.9. The number of amides is 1. The highest BCUT2D eigenvalue weighted by Gasteiger charge is 2.23. The molecule has 1 aliphatic heterocycles. The standard InChI is InChI=1S/C15H20N2O3/c1-10(2)14(18)12-8-16-6-5-13(12)17-15(19)11-4-3-7-20-9-11/h5-6,8,10-11H,3-4,7,9H2,1-2H3,(H,16,17,19). The van der Waals surface area contributed by atoms with Gasteiger partial charge in [-0.25, -0.2) is 0 Å². The summed E-state index contributed by atoms with van der Waals surface area (Å²) in [6.07, 6.45) is 4.80. The fraction of sp³-hybridized carbons (Fsp3) is 0.533. The van der Waals surface area contributed by atoms with E-state index in [-0.39, 0.29) is 23.5 Å². The molecule has 2 heterocycles. The molecule has 0 saturated carbocycles. The minimum atomic E-state index is -0.140. The van der Waals surface area contributed by atoms with Gasteiger partial charge in [0.25, 0.3) is 0 Å². The fourth-order valence-corrected chi connectivity index (χ4v) is 2.19. The first-order chi connectivity index (χ1) is 9.59. The highest BCUT2D eigenvalue weighted by Crippen LogP contribution is 2.21. The van der Waals surface area contributed by atoms with Gasteiger partial charge in [-0.2, -0.15) is 0 Å². The van der Waals surface area contributed by atoms with Crippen LogP contribution in [0, 0.1) is 11.8 Å². The maximum Gasteiger partial charge on any atom is 0.229 e. The smallest absolute Gasteiger partial charge is 0.229 e. The quantitative estimate of drug-likeness (QED) is 0.857. The summed E-state index contributed by atoms with van der Waals surface area (Å²) in [7, 11) is 0. The number of Topliss-reactive ketones (excluding diaryl/α,β-unsaturated/α-hetero) is 1. The lowest BCUT2D eigenvalue weighted by Gasteiger charge is -2.21. The second-order valence-corrected chi connectivity index (χ2v) is 5.34. The maximum atomic E-state index is 12.2. The van der Waals surface area contributed by atoms with Gasteiger partial charge in [0.05, 0.1) is 23.8 Å². The molecule has 20 heavy (non-hydrogen) atoms. The van der Waals surface area contributed by atoms with Crippen molar-refractivity contribution < 1.29 is 14.3 Å². The van der Waals surface area contributed by atoms with Crippen LogP contribution in [-0.2, 0) is 9.53 Å². The number of ether oxygens (including phenoxy) is 1. The van der Waals surface area contributed by atoms with E-state index in [4.69, 9.17) is 4.74 Å². The molecule has 108 valence electrons. The number of hydrogen-bond donors (Lipinski definition) is 1. The van der Waals surface area contributed by atoms with Crippen molar-refractivity contribution >= 4 is 17.4 Å². The highest BCUT2D eigenvalue weighted by molar-refractivity contribution is 6.05. The Kier molecular flexibility index (Phi) is 4.84. The van der Waals surface area contributed by atoms with E-state index in [1.165, 1.54) is 6.20 Å². The van der Waals surface area contributed by atoms with E-state index in [9.17, 15) is 9.59 Å². The number of aromatic nitrogens is 1. The summed E-state index contributed by atoms with van der Waals surface area (Å²) >= 11 is 0. The number of carbonyl (C=O) groups is 2. The predicted octanol–water partition coefficient (Wildman–Crippen LogP) is 2.29. The summed E-state index contributed by atoms with van der Waals surface area (Å²) in [6.45, 7) is 4.83. The number of ketones is 1. The Hall–Kier alpha value is -1.75. The third-order valence-corrected chi connectivity index (χ3v) is 3.40. The number of nitrogens with one attached hydrogen (secondary N) is 1. The average Bonchev–Trinajstić information content (AvgIpc) is 2.48. The minimum Gasteiger partial charge on any atom is -0.381 e. The van der Waals surface area contributed by atoms with E-state index in [0.717, 1.165) is 19.4 Å². The third kappa shape index (κ3) is 3.42. The molecule has 2 rings (SSSR count). The Morgan fingerprint density at radius 1 is 1.45 bits per heavy atom. The molecule has 1 unspecified atom stereocenters. The second kappa shape index (κ2) is 6.61. The minimum absolute atomic E-state index is 0.0201. The highest BCUT2D eigenvalue weighted by atomic mass is 16.5. The Bertz CT molecular complexity index is 494. The van der Waals surface area contributed by atoms with E-state index in [2.05, 4.69) is 10.3 Å². The van der Waals surface area contributed by atoms with Crippen LogP contribution in [0.1, 0.15) is 37.0 Å². The lowest BCUT2D eigenvalue weighted by Crippen LogP contribution is -2.30. The number of pyridine rings is 1. The van der Waals surface area contributed by atoms with Gasteiger partial charge in [0.1, 0.15) is 0 Å². The first kappa shape index (κ1) is 14.7. The van der Waals surface area contributed by atoms with Gasteiger partial charge in [0, 0.05) is 24.9 Å². The summed E-state index contributed by atoms with van der Waals surface area (Å²) < 4.78 is 5.32. The predicted molar refractivity (Wildman–Crippen MR) is 75.6 cm³/mol. The summed E-state index contributed by atoms with van der Waals surface area (Å²) in [6, 6.07) is 1.66. The molecule has 5 heteroatoms. The monoisotopic (exact) mass is 276 g/mol. The number of hydrogen-bond acceptors (Lipinski definition) is 4.